The van der Waals surface area contributed by atoms with Crippen LogP contribution in [0.3, 0.4) is 0 Å². The maximum Gasteiger partial charge on any atom is 0.255 e. The molecule has 0 saturated heterocycles. The average molecular weight is 352 g/mol. The standard InChI is InChI=1S/C17H19Cl2N3O/c1-10(2)16-20-15-5-6-22(9-12(15)17(23)21-16)8-11-3-4-13(18)14(19)7-11/h3-4,7,10H,5-6,8-9H2,1-2H3,(H,20,21,23). The molecule has 0 unspecified atom stereocenters. The number of H-pyrrole nitrogens is 1. The van der Waals surface area contributed by atoms with Crippen molar-refractivity contribution in [1.29, 1.82) is 0 Å². The number of fused-ring (bicyclic) bond motifs is 1. The van der Waals surface area contributed by atoms with E-state index in [1.54, 1.807) is 6.07 Å². The summed E-state index contributed by atoms with van der Waals surface area (Å²) >= 11 is 12.0. The molecule has 0 amide bonds. The molecular formula is C17H19Cl2N3O. The van der Waals surface area contributed by atoms with Crippen LogP contribution in [-0.4, -0.2) is 21.4 Å². The maximum absolute atomic E-state index is 12.3. The predicted octanol–water partition coefficient (Wildman–Crippen LogP) is 3.76. The first kappa shape index (κ1) is 16.5. The molecule has 0 fully saturated rings. The van der Waals surface area contributed by atoms with Gasteiger partial charge in [-0.15, -0.1) is 0 Å². The Labute approximate surface area is 145 Å². The van der Waals surface area contributed by atoms with Crippen molar-refractivity contribution in [2.24, 2.45) is 0 Å². The minimum absolute atomic E-state index is 0.0162. The monoisotopic (exact) mass is 351 g/mol. The highest BCUT2D eigenvalue weighted by atomic mass is 35.5. The van der Waals surface area contributed by atoms with E-state index in [0.717, 1.165) is 42.2 Å². The molecule has 2 heterocycles. The van der Waals surface area contributed by atoms with Crippen LogP contribution in [0.1, 0.15) is 42.4 Å². The van der Waals surface area contributed by atoms with Gasteiger partial charge in [0.25, 0.3) is 5.56 Å². The lowest BCUT2D eigenvalue weighted by molar-refractivity contribution is 0.241. The zero-order valence-electron chi connectivity index (χ0n) is 13.2. The Kier molecular flexibility index (Phi) is 4.76. The first-order chi connectivity index (χ1) is 10.9. The number of halogens is 2. The van der Waals surface area contributed by atoms with E-state index in [1.165, 1.54) is 0 Å². The van der Waals surface area contributed by atoms with Crippen LogP contribution in [0.15, 0.2) is 23.0 Å². The Bertz CT molecular complexity index is 786. The third-order valence-electron chi connectivity index (χ3n) is 4.10. The van der Waals surface area contributed by atoms with Gasteiger partial charge < -0.3 is 4.98 Å². The molecule has 122 valence electrons. The van der Waals surface area contributed by atoms with Crippen LogP contribution < -0.4 is 5.56 Å². The molecule has 0 aliphatic carbocycles. The van der Waals surface area contributed by atoms with Gasteiger partial charge in [-0.3, -0.25) is 9.69 Å². The first-order valence-corrected chi connectivity index (χ1v) is 8.48. The van der Waals surface area contributed by atoms with E-state index >= 15 is 0 Å². The molecule has 0 atom stereocenters. The van der Waals surface area contributed by atoms with Crippen molar-refractivity contribution in [2.45, 2.75) is 39.3 Å². The molecule has 3 rings (SSSR count). The highest BCUT2D eigenvalue weighted by Gasteiger charge is 2.21. The lowest BCUT2D eigenvalue weighted by Gasteiger charge is -2.28. The lowest BCUT2D eigenvalue weighted by Crippen LogP contribution is -2.35. The number of aromatic amines is 1. The van der Waals surface area contributed by atoms with E-state index < -0.39 is 0 Å². The lowest BCUT2D eigenvalue weighted by atomic mass is 10.0. The zero-order valence-corrected chi connectivity index (χ0v) is 14.7. The molecule has 0 saturated carbocycles. The first-order valence-electron chi connectivity index (χ1n) is 7.72. The van der Waals surface area contributed by atoms with Crippen LogP contribution in [0.5, 0.6) is 0 Å². The molecule has 23 heavy (non-hydrogen) atoms. The topological polar surface area (TPSA) is 49.0 Å². The van der Waals surface area contributed by atoms with Crippen molar-refractivity contribution in [3.05, 3.63) is 61.2 Å². The normalized spacial score (nSPS) is 15.0. The van der Waals surface area contributed by atoms with E-state index in [0.29, 0.717) is 16.6 Å². The molecule has 0 bridgehead atoms. The van der Waals surface area contributed by atoms with E-state index in [-0.39, 0.29) is 11.5 Å². The Morgan fingerprint density at radius 1 is 1.30 bits per heavy atom. The minimum Gasteiger partial charge on any atom is -0.310 e. The summed E-state index contributed by atoms with van der Waals surface area (Å²) in [6, 6.07) is 5.65. The highest BCUT2D eigenvalue weighted by molar-refractivity contribution is 6.42. The number of benzene rings is 1. The van der Waals surface area contributed by atoms with Gasteiger partial charge in [0.05, 0.1) is 21.3 Å². The number of nitrogens with zero attached hydrogens (tertiary/aromatic N) is 2. The number of hydrogen-bond acceptors (Lipinski definition) is 3. The molecule has 6 heteroatoms. The van der Waals surface area contributed by atoms with Crippen molar-refractivity contribution in [3.8, 4) is 0 Å². The molecule has 0 radical (unpaired) electrons. The second-order valence-electron chi connectivity index (χ2n) is 6.24. The Balaban J connectivity index is 1.80. The van der Waals surface area contributed by atoms with Gasteiger partial charge >= 0.3 is 0 Å². The van der Waals surface area contributed by atoms with Crippen LogP contribution in [0.25, 0.3) is 0 Å². The van der Waals surface area contributed by atoms with Crippen LogP contribution >= 0.6 is 23.2 Å². The van der Waals surface area contributed by atoms with Gasteiger partial charge in [0.1, 0.15) is 5.82 Å². The summed E-state index contributed by atoms with van der Waals surface area (Å²) in [5.74, 6) is 0.994. The van der Waals surface area contributed by atoms with Crippen molar-refractivity contribution in [1.82, 2.24) is 14.9 Å². The second kappa shape index (κ2) is 6.63. The number of hydrogen-bond donors (Lipinski definition) is 1. The summed E-state index contributed by atoms with van der Waals surface area (Å²) in [6.45, 7) is 6.29. The summed E-state index contributed by atoms with van der Waals surface area (Å²) < 4.78 is 0. The van der Waals surface area contributed by atoms with Crippen LogP contribution in [0, 0.1) is 0 Å². The summed E-state index contributed by atoms with van der Waals surface area (Å²) in [7, 11) is 0. The van der Waals surface area contributed by atoms with Crippen molar-refractivity contribution < 1.29 is 0 Å². The molecular weight excluding hydrogens is 333 g/mol. The van der Waals surface area contributed by atoms with Gasteiger partial charge in [0, 0.05) is 32.0 Å². The fourth-order valence-electron chi connectivity index (χ4n) is 2.80. The van der Waals surface area contributed by atoms with Gasteiger partial charge in [-0.05, 0) is 17.7 Å². The average Bonchev–Trinajstić information content (AvgIpc) is 2.51. The number of rotatable bonds is 3. The SMILES string of the molecule is CC(C)c1nc2c(c(=O)[nH]1)CN(Cc1ccc(Cl)c(Cl)c1)CC2. The van der Waals surface area contributed by atoms with Gasteiger partial charge in [0.15, 0.2) is 0 Å². The highest BCUT2D eigenvalue weighted by Crippen LogP contribution is 2.24. The maximum atomic E-state index is 12.3. The fraction of sp³-hybridized carbons (Fsp3) is 0.412. The molecule has 1 N–H and O–H groups in total. The molecule has 1 aliphatic heterocycles. The summed E-state index contributed by atoms with van der Waals surface area (Å²) in [6.07, 6.45) is 0.792. The third-order valence-corrected chi connectivity index (χ3v) is 4.84. The van der Waals surface area contributed by atoms with Crippen LogP contribution in [0.4, 0.5) is 0 Å². The van der Waals surface area contributed by atoms with Crippen LogP contribution in [0.2, 0.25) is 10.0 Å². The van der Waals surface area contributed by atoms with Crippen LogP contribution in [-0.2, 0) is 19.5 Å². The Morgan fingerprint density at radius 3 is 2.78 bits per heavy atom. The molecule has 0 spiro atoms. The summed E-state index contributed by atoms with van der Waals surface area (Å²) in [4.78, 5) is 22.1. The van der Waals surface area contributed by atoms with Gasteiger partial charge in [-0.2, -0.15) is 0 Å². The summed E-state index contributed by atoms with van der Waals surface area (Å²) in [5.41, 5.74) is 2.78. The van der Waals surface area contributed by atoms with E-state index in [2.05, 4.69) is 14.9 Å². The predicted molar refractivity (Wildman–Crippen MR) is 93.2 cm³/mol. The molecule has 1 aromatic carbocycles. The Morgan fingerprint density at radius 2 is 2.09 bits per heavy atom. The molecule has 1 aliphatic rings. The van der Waals surface area contributed by atoms with E-state index in [9.17, 15) is 4.79 Å². The number of aromatic nitrogens is 2. The smallest absolute Gasteiger partial charge is 0.255 e. The largest absolute Gasteiger partial charge is 0.310 e. The third kappa shape index (κ3) is 3.60. The summed E-state index contributed by atoms with van der Waals surface area (Å²) in [5, 5.41) is 1.11. The van der Waals surface area contributed by atoms with Crippen molar-refractivity contribution >= 4 is 23.2 Å². The molecule has 4 nitrogen and oxygen atoms in total. The van der Waals surface area contributed by atoms with E-state index in [4.69, 9.17) is 23.2 Å². The fourth-order valence-corrected chi connectivity index (χ4v) is 3.13. The van der Waals surface area contributed by atoms with E-state index in [1.807, 2.05) is 26.0 Å². The second-order valence-corrected chi connectivity index (χ2v) is 7.05. The number of nitrogens with one attached hydrogen (secondary N) is 1. The minimum atomic E-state index is -0.0162. The molecule has 2 aromatic rings. The van der Waals surface area contributed by atoms with Gasteiger partial charge in [-0.25, -0.2) is 4.98 Å². The van der Waals surface area contributed by atoms with Gasteiger partial charge in [-0.1, -0.05) is 43.1 Å². The molecule has 1 aromatic heterocycles. The van der Waals surface area contributed by atoms with Crippen molar-refractivity contribution in [2.75, 3.05) is 6.54 Å². The van der Waals surface area contributed by atoms with Gasteiger partial charge in [0.2, 0.25) is 0 Å². The zero-order chi connectivity index (χ0) is 16.6. The Hall–Kier alpha value is -1.36. The van der Waals surface area contributed by atoms with Crippen molar-refractivity contribution in [3.63, 3.8) is 0 Å². The quantitative estimate of drug-likeness (QED) is 0.915.